The van der Waals surface area contributed by atoms with Gasteiger partial charge in [0.15, 0.2) is 5.84 Å². The van der Waals surface area contributed by atoms with E-state index in [-0.39, 0.29) is 6.54 Å². The first-order chi connectivity index (χ1) is 8.86. The van der Waals surface area contributed by atoms with Crippen molar-refractivity contribution in [2.75, 3.05) is 6.54 Å². The maximum atomic E-state index is 12.6. The Morgan fingerprint density at radius 2 is 2.26 bits per heavy atom. The Labute approximate surface area is 108 Å². The predicted octanol–water partition coefficient (Wildman–Crippen LogP) is 1.40. The zero-order valence-electron chi connectivity index (χ0n) is 10.3. The van der Waals surface area contributed by atoms with Gasteiger partial charge in [0.2, 0.25) is 0 Å². The molecule has 0 saturated carbocycles. The first-order valence-corrected chi connectivity index (χ1v) is 5.50. The zero-order valence-corrected chi connectivity index (χ0v) is 10.3. The molecule has 4 N–H and O–H groups in total. The van der Waals surface area contributed by atoms with E-state index in [0.29, 0.717) is 0 Å². The lowest BCUT2D eigenvalue weighted by Gasteiger charge is -2.19. The summed E-state index contributed by atoms with van der Waals surface area (Å²) in [6.45, 7) is 1.60. The van der Waals surface area contributed by atoms with Crippen LogP contribution in [0.1, 0.15) is 11.1 Å². The van der Waals surface area contributed by atoms with Gasteiger partial charge < -0.3 is 16.3 Å². The molecular weight excluding hydrogens is 261 g/mol. The number of aromatic nitrogens is 1. The van der Waals surface area contributed by atoms with Gasteiger partial charge >= 0.3 is 6.18 Å². The van der Waals surface area contributed by atoms with Gasteiger partial charge in [0.05, 0.1) is 0 Å². The highest BCUT2D eigenvalue weighted by atomic mass is 19.4. The number of nitrogens with zero attached hydrogens (tertiary/aromatic N) is 2. The quantitative estimate of drug-likeness (QED) is 0.328. The normalized spacial score (nSPS) is 14.4. The van der Waals surface area contributed by atoms with Crippen LogP contribution in [0.15, 0.2) is 23.6 Å². The first-order valence-electron chi connectivity index (χ1n) is 5.50. The number of rotatable bonds is 5. The SMILES string of the molecule is Cc1ccncc1CNCC(/C(N)=N/O)C(F)(F)F. The minimum atomic E-state index is -4.56. The molecule has 1 atom stereocenters. The van der Waals surface area contributed by atoms with Gasteiger partial charge in [0.1, 0.15) is 5.92 Å². The number of alkyl halides is 3. The third-order valence-electron chi connectivity index (χ3n) is 2.68. The molecule has 1 rings (SSSR count). The van der Waals surface area contributed by atoms with Crippen molar-refractivity contribution in [2.45, 2.75) is 19.6 Å². The number of amidine groups is 1. The summed E-state index contributed by atoms with van der Waals surface area (Å²) in [6.07, 6.45) is -1.38. The molecule has 0 aromatic carbocycles. The monoisotopic (exact) mass is 276 g/mol. The molecule has 0 aliphatic rings. The third kappa shape index (κ3) is 4.40. The van der Waals surface area contributed by atoms with Crippen LogP contribution in [0.2, 0.25) is 0 Å². The van der Waals surface area contributed by atoms with E-state index < -0.39 is 24.5 Å². The Balaban J connectivity index is 2.61. The smallest absolute Gasteiger partial charge is 0.400 e. The predicted molar refractivity (Wildman–Crippen MR) is 63.6 cm³/mol. The summed E-state index contributed by atoms with van der Waals surface area (Å²) in [6, 6.07) is 1.77. The number of oxime groups is 1. The summed E-state index contributed by atoms with van der Waals surface area (Å²) in [4.78, 5) is 3.89. The number of hydrogen-bond acceptors (Lipinski definition) is 4. The van der Waals surface area contributed by atoms with Gasteiger partial charge in [-0.15, -0.1) is 0 Å². The molecule has 0 aliphatic carbocycles. The minimum absolute atomic E-state index is 0.227. The molecule has 0 bridgehead atoms. The van der Waals surface area contributed by atoms with Crippen LogP contribution in [-0.2, 0) is 6.54 Å². The van der Waals surface area contributed by atoms with E-state index in [1.807, 2.05) is 6.92 Å². The van der Waals surface area contributed by atoms with E-state index in [0.717, 1.165) is 11.1 Å². The van der Waals surface area contributed by atoms with Crippen LogP contribution in [0.25, 0.3) is 0 Å². The van der Waals surface area contributed by atoms with Crippen LogP contribution >= 0.6 is 0 Å². The van der Waals surface area contributed by atoms with Gasteiger partial charge in [-0.2, -0.15) is 13.2 Å². The highest BCUT2D eigenvalue weighted by Gasteiger charge is 2.42. The molecular formula is C11H15F3N4O. The number of hydrogen-bond donors (Lipinski definition) is 3. The summed E-state index contributed by atoms with van der Waals surface area (Å²) in [7, 11) is 0. The van der Waals surface area contributed by atoms with Crippen molar-refractivity contribution in [3.63, 3.8) is 0 Å². The van der Waals surface area contributed by atoms with Gasteiger partial charge in [0, 0.05) is 25.5 Å². The molecule has 1 aromatic rings. The number of nitrogens with one attached hydrogen (secondary N) is 1. The second kappa shape index (κ2) is 6.37. The van der Waals surface area contributed by atoms with Crippen LogP contribution in [-0.4, -0.2) is 28.7 Å². The number of pyridine rings is 1. The number of aryl methyl sites for hydroxylation is 1. The Morgan fingerprint density at radius 1 is 1.58 bits per heavy atom. The number of nitrogens with two attached hydrogens (primary N) is 1. The van der Waals surface area contributed by atoms with Crippen molar-refractivity contribution in [1.82, 2.24) is 10.3 Å². The second-order valence-corrected chi connectivity index (χ2v) is 4.05. The fraction of sp³-hybridized carbons (Fsp3) is 0.455. The average molecular weight is 276 g/mol. The van der Waals surface area contributed by atoms with E-state index in [4.69, 9.17) is 10.9 Å². The molecule has 0 aliphatic heterocycles. The topological polar surface area (TPSA) is 83.5 Å². The summed E-state index contributed by atoms with van der Waals surface area (Å²) in [5.41, 5.74) is 6.76. The van der Waals surface area contributed by atoms with Gasteiger partial charge in [0.25, 0.3) is 0 Å². The molecule has 0 fully saturated rings. The van der Waals surface area contributed by atoms with Crippen LogP contribution < -0.4 is 11.1 Å². The molecule has 1 aromatic heterocycles. The first kappa shape index (κ1) is 15.2. The molecule has 8 heteroatoms. The molecule has 5 nitrogen and oxygen atoms in total. The second-order valence-electron chi connectivity index (χ2n) is 4.05. The van der Waals surface area contributed by atoms with Crippen LogP contribution in [0.5, 0.6) is 0 Å². The largest absolute Gasteiger partial charge is 0.409 e. The van der Waals surface area contributed by atoms with Gasteiger partial charge in [-0.3, -0.25) is 4.98 Å². The lowest BCUT2D eigenvalue weighted by molar-refractivity contribution is -0.154. The van der Waals surface area contributed by atoms with E-state index in [1.54, 1.807) is 18.5 Å². The van der Waals surface area contributed by atoms with Crippen molar-refractivity contribution in [3.8, 4) is 0 Å². The molecule has 0 radical (unpaired) electrons. The summed E-state index contributed by atoms with van der Waals surface area (Å²) in [5, 5.41) is 13.4. The fourth-order valence-corrected chi connectivity index (χ4v) is 1.49. The third-order valence-corrected chi connectivity index (χ3v) is 2.68. The van der Waals surface area contributed by atoms with E-state index in [2.05, 4.69) is 15.5 Å². The molecule has 1 heterocycles. The van der Waals surface area contributed by atoms with Gasteiger partial charge in [-0.25, -0.2) is 0 Å². The van der Waals surface area contributed by atoms with Crippen molar-refractivity contribution < 1.29 is 18.4 Å². The Morgan fingerprint density at radius 3 is 2.79 bits per heavy atom. The summed E-state index contributed by atoms with van der Waals surface area (Å²) < 4.78 is 37.9. The zero-order chi connectivity index (χ0) is 14.5. The maximum absolute atomic E-state index is 12.6. The Bertz CT molecular complexity index is 448. The minimum Gasteiger partial charge on any atom is -0.409 e. The van der Waals surface area contributed by atoms with Crippen molar-refractivity contribution in [3.05, 3.63) is 29.6 Å². The van der Waals surface area contributed by atoms with Crippen molar-refractivity contribution >= 4 is 5.84 Å². The average Bonchev–Trinajstić information content (AvgIpc) is 2.34. The molecule has 0 amide bonds. The molecule has 19 heavy (non-hydrogen) atoms. The lowest BCUT2D eigenvalue weighted by atomic mass is 10.1. The highest BCUT2D eigenvalue weighted by molar-refractivity contribution is 5.83. The molecule has 1 unspecified atom stereocenters. The maximum Gasteiger partial charge on any atom is 0.400 e. The van der Waals surface area contributed by atoms with E-state index in [1.165, 1.54) is 0 Å². The lowest BCUT2D eigenvalue weighted by Crippen LogP contribution is -2.42. The fourth-order valence-electron chi connectivity index (χ4n) is 1.49. The van der Waals surface area contributed by atoms with Crippen molar-refractivity contribution in [2.24, 2.45) is 16.8 Å². The van der Waals surface area contributed by atoms with E-state index >= 15 is 0 Å². The van der Waals surface area contributed by atoms with E-state index in [9.17, 15) is 13.2 Å². The van der Waals surface area contributed by atoms with Gasteiger partial charge in [-0.05, 0) is 24.1 Å². The van der Waals surface area contributed by atoms with Crippen molar-refractivity contribution in [1.29, 1.82) is 0 Å². The summed E-state index contributed by atoms with van der Waals surface area (Å²) >= 11 is 0. The van der Waals surface area contributed by atoms with Crippen LogP contribution in [0, 0.1) is 12.8 Å². The molecule has 0 saturated heterocycles. The number of halogens is 3. The van der Waals surface area contributed by atoms with Crippen LogP contribution in [0.4, 0.5) is 13.2 Å². The van der Waals surface area contributed by atoms with Crippen LogP contribution in [0.3, 0.4) is 0 Å². The Kier molecular flexibility index (Phi) is 5.11. The molecule has 106 valence electrons. The summed E-state index contributed by atoms with van der Waals surface area (Å²) in [5.74, 6) is -2.88. The highest BCUT2D eigenvalue weighted by Crippen LogP contribution is 2.25. The van der Waals surface area contributed by atoms with Gasteiger partial charge in [-0.1, -0.05) is 5.16 Å². The Hall–Kier alpha value is -1.83. The molecule has 0 spiro atoms. The standard InChI is InChI=1S/C11H15F3N4O/c1-7-2-3-16-4-8(7)5-17-6-9(10(15)18-19)11(12,13)14/h2-4,9,17,19H,5-6H2,1H3,(H2,15,18).